The third-order valence-electron chi connectivity index (χ3n) is 5.82. The van der Waals surface area contributed by atoms with Crippen molar-refractivity contribution in [1.29, 1.82) is 0 Å². The van der Waals surface area contributed by atoms with E-state index in [1.807, 2.05) is 41.2 Å². The van der Waals surface area contributed by atoms with Crippen molar-refractivity contribution in [1.82, 2.24) is 19.7 Å². The predicted octanol–water partition coefficient (Wildman–Crippen LogP) is 1.91. The molecular formula is C21H26N6O2. The van der Waals surface area contributed by atoms with Crippen LogP contribution in [0.15, 0.2) is 42.7 Å². The zero-order valence-corrected chi connectivity index (χ0v) is 16.3. The lowest BCUT2D eigenvalue weighted by atomic mass is 10.1. The maximum absolute atomic E-state index is 10.7. The van der Waals surface area contributed by atoms with Crippen molar-refractivity contribution in [3.63, 3.8) is 0 Å². The SMILES string of the molecule is O[C@@H]1CC(Cn2cccn2)C[C@H]1Nc1nc2ccccc2nc1N1CCOCC1. The first-order valence-corrected chi connectivity index (χ1v) is 10.3. The summed E-state index contributed by atoms with van der Waals surface area (Å²) >= 11 is 0. The van der Waals surface area contributed by atoms with Gasteiger partial charge in [0.1, 0.15) is 0 Å². The minimum Gasteiger partial charge on any atom is -0.391 e. The maximum atomic E-state index is 10.7. The van der Waals surface area contributed by atoms with Crippen LogP contribution in [0, 0.1) is 5.92 Å². The maximum Gasteiger partial charge on any atom is 0.172 e. The summed E-state index contributed by atoms with van der Waals surface area (Å²) in [7, 11) is 0. The molecule has 3 heterocycles. The first kappa shape index (κ1) is 18.3. The van der Waals surface area contributed by atoms with Gasteiger partial charge in [0.2, 0.25) is 0 Å². The number of fused-ring (bicyclic) bond motifs is 1. The smallest absolute Gasteiger partial charge is 0.172 e. The van der Waals surface area contributed by atoms with Gasteiger partial charge in [-0.1, -0.05) is 12.1 Å². The minimum absolute atomic E-state index is 0.0502. The van der Waals surface area contributed by atoms with Crippen molar-refractivity contribution in [3.05, 3.63) is 42.7 Å². The number of para-hydroxylation sites is 2. The minimum atomic E-state index is -0.415. The third kappa shape index (κ3) is 3.90. The number of hydrogen-bond acceptors (Lipinski definition) is 7. The predicted molar refractivity (Wildman–Crippen MR) is 111 cm³/mol. The molecule has 1 aliphatic carbocycles. The highest BCUT2D eigenvalue weighted by Gasteiger charge is 2.34. The second-order valence-corrected chi connectivity index (χ2v) is 7.87. The van der Waals surface area contributed by atoms with E-state index in [1.165, 1.54) is 0 Å². The summed E-state index contributed by atoms with van der Waals surface area (Å²) in [6.45, 7) is 3.77. The van der Waals surface area contributed by atoms with Crippen LogP contribution < -0.4 is 10.2 Å². The van der Waals surface area contributed by atoms with Crippen LogP contribution in [-0.2, 0) is 11.3 Å². The largest absolute Gasteiger partial charge is 0.391 e. The number of benzene rings is 1. The van der Waals surface area contributed by atoms with Crippen LogP contribution in [0.1, 0.15) is 12.8 Å². The molecule has 2 aromatic heterocycles. The third-order valence-corrected chi connectivity index (χ3v) is 5.82. The van der Waals surface area contributed by atoms with Gasteiger partial charge >= 0.3 is 0 Å². The molecule has 0 radical (unpaired) electrons. The molecule has 5 rings (SSSR count). The molecule has 3 atom stereocenters. The van der Waals surface area contributed by atoms with Crippen molar-refractivity contribution in [3.8, 4) is 0 Å². The quantitative estimate of drug-likeness (QED) is 0.683. The zero-order chi connectivity index (χ0) is 19.6. The van der Waals surface area contributed by atoms with Crippen molar-refractivity contribution in [2.45, 2.75) is 31.5 Å². The fraction of sp³-hybridized carbons (Fsp3) is 0.476. The molecule has 0 bridgehead atoms. The van der Waals surface area contributed by atoms with Crippen LogP contribution in [0.2, 0.25) is 0 Å². The Labute approximate surface area is 169 Å². The van der Waals surface area contributed by atoms with Crippen LogP contribution in [-0.4, -0.2) is 63.3 Å². The van der Waals surface area contributed by atoms with Gasteiger partial charge in [-0.2, -0.15) is 5.10 Å². The molecule has 3 aromatic rings. The number of aliphatic hydroxyl groups is 1. The molecule has 8 heteroatoms. The molecule has 1 aromatic carbocycles. The molecule has 0 spiro atoms. The summed E-state index contributed by atoms with van der Waals surface area (Å²) in [6.07, 6.45) is 4.98. The highest BCUT2D eigenvalue weighted by atomic mass is 16.5. The number of aromatic nitrogens is 4. The van der Waals surface area contributed by atoms with Crippen LogP contribution in [0.25, 0.3) is 11.0 Å². The number of hydrogen-bond donors (Lipinski definition) is 2. The van der Waals surface area contributed by atoms with Crippen molar-refractivity contribution in [2.75, 3.05) is 36.5 Å². The number of ether oxygens (including phenoxy) is 1. The van der Waals surface area contributed by atoms with Gasteiger partial charge in [0.25, 0.3) is 0 Å². The first-order chi connectivity index (χ1) is 14.3. The number of rotatable bonds is 5. The summed E-state index contributed by atoms with van der Waals surface area (Å²) < 4.78 is 7.44. The second-order valence-electron chi connectivity index (χ2n) is 7.87. The Bertz CT molecular complexity index is 957. The van der Waals surface area contributed by atoms with E-state index in [4.69, 9.17) is 14.7 Å². The van der Waals surface area contributed by atoms with Crippen LogP contribution in [0.4, 0.5) is 11.6 Å². The van der Waals surface area contributed by atoms with E-state index in [0.29, 0.717) is 19.1 Å². The molecule has 1 saturated heterocycles. The fourth-order valence-electron chi connectivity index (χ4n) is 4.35. The van der Waals surface area contributed by atoms with E-state index in [2.05, 4.69) is 15.3 Å². The highest BCUT2D eigenvalue weighted by molar-refractivity contribution is 5.80. The zero-order valence-electron chi connectivity index (χ0n) is 16.3. The summed E-state index contributed by atoms with van der Waals surface area (Å²) in [5.74, 6) is 1.96. The molecule has 8 nitrogen and oxygen atoms in total. The molecule has 2 aliphatic rings. The molecule has 29 heavy (non-hydrogen) atoms. The molecule has 2 fully saturated rings. The lowest BCUT2D eigenvalue weighted by molar-refractivity contribution is 0.122. The number of aliphatic hydroxyl groups excluding tert-OH is 1. The van der Waals surface area contributed by atoms with Gasteiger partial charge in [0.15, 0.2) is 11.6 Å². The van der Waals surface area contributed by atoms with E-state index in [1.54, 1.807) is 6.20 Å². The normalized spacial score (nSPS) is 24.9. The fourth-order valence-corrected chi connectivity index (χ4v) is 4.35. The van der Waals surface area contributed by atoms with E-state index in [0.717, 1.165) is 55.1 Å². The Hall–Kier alpha value is -2.71. The number of morpholine rings is 1. The van der Waals surface area contributed by atoms with Crippen LogP contribution in [0.5, 0.6) is 0 Å². The highest BCUT2D eigenvalue weighted by Crippen LogP contribution is 2.33. The molecule has 2 N–H and O–H groups in total. The van der Waals surface area contributed by atoms with Crippen molar-refractivity contribution in [2.24, 2.45) is 5.92 Å². The molecule has 0 amide bonds. The molecular weight excluding hydrogens is 368 g/mol. The Morgan fingerprint density at radius 3 is 2.62 bits per heavy atom. The Balaban J connectivity index is 1.39. The number of anilines is 2. The molecule has 1 saturated carbocycles. The average Bonchev–Trinajstić information content (AvgIpc) is 3.38. The Kier molecular flexibility index (Phi) is 5.03. The summed E-state index contributed by atoms with van der Waals surface area (Å²) in [4.78, 5) is 12.0. The summed E-state index contributed by atoms with van der Waals surface area (Å²) in [5, 5.41) is 18.5. The van der Waals surface area contributed by atoms with Gasteiger partial charge in [-0.3, -0.25) is 4.68 Å². The van der Waals surface area contributed by atoms with Crippen LogP contribution >= 0.6 is 0 Å². The Morgan fingerprint density at radius 2 is 1.86 bits per heavy atom. The van der Waals surface area contributed by atoms with E-state index >= 15 is 0 Å². The monoisotopic (exact) mass is 394 g/mol. The van der Waals surface area contributed by atoms with E-state index in [-0.39, 0.29) is 6.04 Å². The molecule has 1 unspecified atom stereocenters. The summed E-state index contributed by atoms with van der Waals surface area (Å²) in [5.41, 5.74) is 1.73. The lowest BCUT2D eigenvalue weighted by Crippen LogP contribution is -2.38. The summed E-state index contributed by atoms with van der Waals surface area (Å²) in [6, 6.07) is 9.79. The van der Waals surface area contributed by atoms with E-state index in [9.17, 15) is 5.11 Å². The van der Waals surface area contributed by atoms with Gasteiger partial charge in [-0.25, -0.2) is 9.97 Å². The number of nitrogens with zero attached hydrogens (tertiary/aromatic N) is 5. The van der Waals surface area contributed by atoms with Gasteiger partial charge in [0, 0.05) is 32.0 Å². The van der Waals surface area contributed by atoms with Gasteiger partial charge in [-0.15, -0.1) is 0 Å². The molecule has 1 aliphatic heterocycles. The van der Waals surface area contributed by atoms with E-state index < -0.39 is 6.10 Å². The Morgan fingerprint density at radius 1 is 1.07 bits per heavy atom. The number of nitrogens with one attached hydrogen (secondary N) is 1. The molecule has 152 valence electrons. The topological polar surface area (TPSA) is 88.3 Å². The second kappa shape index (κ2) is 7.96. The lowest BCUT2D eigenvalue weighted by Gasteiger charge is -2.30. The van der Waals surface area contributed by atoms with Gasteiger partial charge in [0.05, 0.1) is 36.4 Å². The first-order valence-electron chi connectivity index (χ1n) is 10.3. The van der Waals surface area contributed by atoms with Crippen molar-refractivity contribution >= 4 is 22.7 Å². The average molecular weight is 394 g/mol. The van der Waals surface area contributed by atoms with Gasteiger partial charge in [-0.05, 0) is 37.0 Å². The van der Waals surface area contributed by atoms with Crippen molar-refractivity contribution < 1.29 is 9.84 Å². The standard InChI is InChI=1S/C21H26N6O2/c28-19-13-15(14-27-7-3-6-22-27)12-18(19)24-20-21(26-8-10-29-11-9-26)25-17-5-2-1-4-16(17)23-20/h1-7,15,18-19,28H,8-14H2,(H,23,24)/t15?,18-,19-/m1/s1. The van der Waals surface area contributed by atoms with Gasteiger partial charge < -0.3 is 20.1 Å². The van der Waals surface area contributed by atoms with Crippen LogP contribution in [0.3, 0.4) is 0 Å².